The van der Waals surface area contributed by atoms with Gasteiger partial charge in [0, 0.05) is 19.5 Å². The Morgan fingerprint density at radius 3 is 2.62 bits per heavy atom. The van der Waals surface area contributed by atoms with Crippen LogP contribution in [0.3, 0.4) is 0 Å². The number of halogens is 2. The van der Waals surface area contributed by atoms with Gasteiger partial charge in [0.25, 0.3) is 0 Å². The van der Waals surface area contributed by atoms with E-state index in [1.807, 2.05) is 0 Å². The predicted molar refractivity (Wildman–Crippen MR) is 63.4 cm³/mol. The number of hydrogen-bond acceptors (Lipinski definition) is 2. The lowest BCUT2D eigenvalue weighted by Gasteiger charge is -2.11. The molecule has 3 atom stereocenters. The lowest BCUT2D eigenvalue weighted by Crippen LogP contribution is -2.41. The molecule has 0 bridgehead atoms. The molecule has 1 saturated carbocycles. The molecule has 5 heteroatoms. The molecule has 1 amide bonds. The Morgan fingerprint density at radius 2 is 2.19 bits per heavy atom. The number of carbonyl (C=O) groups excluding carboxylic acids is 1. The molecule has 0 radical (unpaired) electrons. The van der Waals surface area contributed by atoms with Crippen LogP contribution in [-0.4, -0.2) is 31.2 Å². The van der Waals surface area contributed by atoms with E-state index in [2.05, 4.69) is 24.5 Å². The van der Waals surface area contributed by atoms with E-state index in [-0.39, 0.29) is 24.4 Å². The number of rotatable bonds is 3. The summed E-state index contributed by atoms with van der Waals surface area (Å²) in [4.78, 5) is 11.6. The largest absolute Gasteiger partial charge is 0.354 e. The average molecular weight is 251 g/mol. The smallest absolute Gasteiger partial charge is 0.237 e. The van der Waals surface area contributed by atoms with Crippen LogP contribution in [0.2, 0.25) is 0 Å². The van der Waals surface area contributed by atoms with E-state index in [9.17, 15) is 9.18 Å². The van der Waals surface area contributed by atoms with E-state index in [4.69, 9.17) is 0 Å². The molecule has 2 rings (SSSR count). The van der Waals surface area contributed by atoms with Crippen LogP contribution in [0.1, 0.15) is 26.7 Å². The van der Waals surface area contributed by atoms with Crippen LogP contribution in [0.4, 0.5) is 4.39 Å². The Morgan fingerprint density at radius 1 is 1.56 bits per heavy atom. The fourth-order valence-corrected chi connectivity index (χ4v) is 2.16. The first-order valence-electron chi connectivity index (χ1n) is 5.64. The van der Waals surface area contributed by atoms with Gasteiger partial charge in [0.15, 0.2) is 0 Å². The summed E-state index contributed by atoms with van der Waals surface area (Å²) in [5.41, 5.74) is 0.388. The first-order chi connectivity index (χ1) is 6.99. The maximum Gasteiger partial charge on any atom is 0.237 e. The molecule has 1 unspecified atom stereocenters. The van der Waals surface area contributed by atoms with Crippen LogP contribution in [-0.2, 0) is 4.79 Å². The van der Waals surface area contributed by atoms with E-state index in [0.717, 1.165) is 6.54 Å². The van der Waals surface area contributed by atoms with Crippen molar-refractivity contribution in [2.45, 2.75) is 38.9 Å². The summed E-state index contributed by atoms with van der Waals surface area (Å²) in [6.45, 7) is 5.46. The molecule has 1 saturated heterocycles. The molecule has 0 spiro atoms. The zero-order chi connectivity index (χ0) is 11.1. The monoisotopic (exact) mass is 250 g/mol. The maximum atomic E-state index is 12.8. The van der Waals surface area contributed by atoms with Crippen LogP contribution >= 0.6 is 12.4 Å². The molecule has 2 aliphatic rings. The van der Waals surface area contributed by atoms with Gasteiger partial charge in [-0.3, -0.25) is 4.79 Å². The standard InChI is InChI=1S/C11H19FN2O.ClH/c1-11(2)4-7(11)5-14-10(15)9-3-8(12)6-13-9;/h7-9,13H,3-6H2,1-2H3,(H,14,15);1H/t7?,8-,9+;/m0./s1. The van der Waals surface area contributed by atoms with Crippen LogP contribution < -0.4 is 10.6 Å². The van der Waals surface area contributed by atoms with Crippen LogP contribution in [0.25, 0.3) is 0 Å². The molecule has 94 valence electrons. The van der Waals surface area contributed by atoms with E-state index >= 15 is 0 Å². The van der Waals surface area contributed by atoms with E-state index in [1.165, 1.54) is 6.42 Å². The predicted octanol–water partition coefficient (Wildman–Crippen LogP) is 1.27. The highest BCUT2D eigenvalue weighted by Gasteiger charge is 2.45. The molecule has 1 heterocycles. The summed E-state index contributed by atoms with van der Waals surface area (Å²) in [5.74, 6) is 0.557. The summed E-state index contributed by atoms with van der Waals surface area (Å²) in [6.07, 6.45) is 0.634. The number of hydrogen-bond donors (Lipinski definition) is 2. The van der Waals surface area contributed by atoms with Gasteiger partial charge in [-0.15, -0.1) is 12.4 Å². The molecule has 0 aromatic heterocycles. The number of alkyl halides is 1. The Bertz CT molecular complexity index is 273. The van der Waals surface area contributed by atoms with Gasteiger partial charge in [-0.25, -0.2) is 4.39 Å². The Balaban J connectivity index is 0.00000128. The second kappa shape index (κ2) is 4.88. The average Bonchev–Trinajstić information content (AvgIpc) is 2.59. The summed E-state index contributed by atoms with van der Waals surface area (Å²) in [5, 5.41) is 5.78. The van der Waals surface area contributed by atoms with Crippen molar-refractivity contribution in [1.82, 2.24) is 10.6 Å². The third-order valence-corrected chi connectivity index (χ3v) is 3.63. The molecular weight excluding hydrogens is 231 g/mol. The van der Waals surface area contributed by atoms with Crippen molar-refractivity contribution in [2.24, 2.45) is 11.3 Å². The van der Waals surface area contributed by atoms with Crippen molar-refractivity contribution in [3.8, 4) is 0 Å². The highest BCUT2D eigenvalue weighted by atomic mass is 35.5. The SMILES string of the molecule is CC1(C)CC1CNC(=O)[C@H]1C[C@H](F)CN1.Cl. The van der Waals surface area contributed by atoms with Gasteiger partial charge in [0.2, 0.25) is 5.91 Å². The summed E-state index contributed by atoms with van der Waals surface area (Å²) < 4.78 is 12.8. The van der Waals surface area contributed by atoms with Crippen molar-refractivity contribution in [2.75, 3.05) is 13.1 Å². The third-order valence-electron chi connectivity index (χ3n) is 3.63. The van der Waals surface area contributed by atoms with Gasteiger partial charge >= 0.3 is 0 Å². The lowest BCUT2D eigenvalue weighted by atomic mass is 10.1. The van der Waals surface area contributed by atoms with Gasteiger partial charge in [-0.05, 0) is 17.8 Å². The molecular formula is C11H20ClFN2O. The van der Waals surface area contributed by atoms with E-state index in [1.54, 1.807) is 0 Å². The van der Waals surface area contributed by atoms with Gasteiger partial charge in [-0.2, -0.15) is 0 Å². The Labute approximate surface area is 102 Å². The van der Waals surface area contributed by atoms with Gasteiger partial charge in [-0.1, -0.05) is 13.8 Å². The molecule has 2 N–H and O–H groups in total. The fraction of sp³-hybridized carbons (Fsp3) is 0.909. The zero-order valence-corrected chi connectivity index (χ0v) is 10.6. The molecule has 3 nitrogen and oxygen atoms in total. The first kappa shape index (κ1) is 13.7. The van der Waals surface area contributed by atoms with Crippen LogP contribution in [0.15, 0.2) is 0 Å². The minimum absolute atomic E-state index is 0. The number of nitrogens with one attached hydrogen (secondary N) is 2. The van der Waals surface area contributed by atoms with Gasteiger partial charge in [0.1, 0.15) is 6.17 Å². The summed E-state index contributed by atoms with van der Waals surface area (Å²) >= 11 is 0. The van der Waals surface area contributed by atoms with Crippen LogP contribution in [0.5, 0.6) is 0 Å². The van der Waals surface area contributed by atoms with Crippen molar-refractivity contribution >= 4 is 18.3 Å². The normalized spacial score (nSPS) is 35.3. The van der Waals surface area contributed by atoms with E-state index in [0.29, 0.717) is 24.3 Å². The second-order valence-electron chi connectivity index (χ2n) is 5.43. The summed E-state index contributed by atoms with van der Waals surface area (Å²) in [7, 11) is 0. The highest BCUT2D eigenvalue weighted by Crippen LogP contribution is 2.50. The Kier molecular flexibility index (Phi) is 4.18. The molecule has 0 aromatic rings. The topological polar surface area (TPSA) is 41.1 Å². The number of amides is 1. The van der Waals surface area contributed by atoms with Gasteiger partial charge in [0.05, 0.1) is 6.04 Å². The molecule has 2 fully saturated rings. The lowest BCUT2D eigenvalue weighted by molar-refractivity contribution is -0.122. The van der Waals surface area contributed by atoms with Gasteiger partial charge < -0.3 is 10.6 Å². The molecule has 1 aliphatic heterocycles. The number of carbonyl (C=O) groups is 1. The highest BCUT2D eigenvalue weighted by molar-refractivity contribution is 5.85. The van der Waals surface area contributed by atoms with Crippen LogP contribution in [0, 0.1) is 11.3 Å². The fourth-order valence-electron chi connectivity index (χ4n) is 2.16. The molecule has 1 aliphatic carbocycles. The molecule has 0 aromatic carbocycles. The maximum absolute atomic E-state index is 12.8. The van der Waals surface area contributed by atoms with Crippen molar-refractivity contribution in [3.63, 3.8) is 0 Å². The molecule has 16 heavy (non-hydrogen) atoms. The quantitative estimate of drug-likeness (QED) is 0.792. The van der Waals surface area contributed by atoms with E-state index < -0.39 is 6.17 Å². The first-order valence-corrected chi connectivity index (χ1v) is 5.64. The summed E-state index contributed by atoms with van der Waals surface area (Å²) in [6, 6.07) is -0.318. The van der Waals surface area contributed by atoms with Crippen molar-refractivity contribution in [1.29, 1.82) is 0 Å². The van der Waals surface area contributed by atoms with Crippen molar-refractivity contribution < 1.29 is 9.18 Å². The minimum atomic E-state index is -0.863. The minimum Gasteiger partial charge on any atom is -0.354 e. The Hall–Kier alpha value is -0.350. The van der Waals surface area contributed by atoms with Crippen molar-refractivity contribution in [3.05, 3.63) is 0 Å². The second-order valence-corrected chi connectivity index (χ2v) is 5.43. The zero-order valence-electron chi connectivity index (χ0n) is 9.75. The third kappa shape index (κ3) is 3.08.